The summed E-state index contributed by atoms with van der Waals surface area (Å²) in [7, 11) is 1.56. The van der Waals surface area contributed by atoms with Crippen LogP contribution in [0.15, 0.2) is 60.8 Å². The second-order valence-corrected chi connectivity index (χ2v) is 7.97. The molecule has 2 N–H and O–H groups in total. The average Bonchev–Trinajstić information content (AvgIpc) is 2.86. The van der Waals surface area contributed by atoms with Crippen LogP contribution >= 0.6 is 0 Å². The van der Waals surface area contributed by atoms with Gasteiger partial charge in [-0.15, -0.1) is 0 Å². The van der Waals surface area contributed by atoms with E-state index >= 15 is 0 Å². The maximum Gasteiger partial charge on any atom is 0.255 e. The van der Waals surface area contributed by atoms with E-state index in [0.717, 1.165) is 12.1 Å². The van der Waals surface area contributed by atoms with E-state index in [1.807, 2.05) is 4.90 Å². The fraction of sp³-hybridized carbons (Fsp3) is 0.240. The Bertz CT molecular complexity index is 1200. The number of carbonyl (C=O) groups is 2. The highest BCUT2D eigenvalue weighted by Crippen LogP contribution is 2.25. The largest absolute Gasteiger partial charge is 0.497 e. The van der Waals surface area contributed by atoms with Crippen molar-refractivity contribution in [1.29, 1.82) is 0 Å². The van der Waals surface area contributed by atoms with Crippen molar-refractivity contribution in [3.05, 3.63) is 78.0 Å². The van der Waals surface area contributed by atoms with Crippen LogP contribution in [-0.2, 0) is 4.79 Å². The van der Waals surface area contributed by atoms with Gasteiger partial charge in [0, 0.05) is 54.3 Å². The van der Waals surface area contributed by atoms with Crippen LogP contribution in [0.4, 0.5) is 26.0 Å². The molecule has 176 valence electrons. The summed E-state index contributed by atoms with van der Waals surface area (Å²) in [5.41, 5.74) is 1.31. The molecule has 2 amide bonds. The van der Waals surface area contributed by atoms with E-state index in [1.165, 1.54) is 6.07 Å². The molecule has 0 radical (unpaired) electrons. The molecule has 1 fully saturated rings. The Morgan fingerprint density at radius 3 is 2.47 bits per heavy atom. The molecule has 0 saturated carbocycles. The van der Waals surface area contributed by atoms with Crippen LogP contribution in [0.5, 0.6) is 5.75 Å². The van der Waals surface area contributed by atoms with Crippen LogP contribution in [0.3, 0.4) is 0 Å². The molecule has 0 unspecified atom stereocenters. The molecule has 3 aromatic rings. The van der Waals surface area contributed by atoms with E-state index in [2.05, 4.69) is 15.6 Å². The average molecular weight is 466 g/mol. The van der Waals surface area contributed by atoms with Crippen molar-refractivity contribution in [2.75, 3.05) is 35.7 Å². The molecule has 1 aliphatic heterocycles. The summed E-state index contributed by atoms with van der Waals surface area (Å²) in [5.74, 6) is -1.43. The number of hydrogen-bond donors (Lipinski definition) is 2. The van der Waals surface area contributed by atoms with Gasteiger partial charge in [0.2, 0.25) is 5.91 Å². The van der Waals surface area contributed by atoms with Gasteiger partial charge in [-0.05, 0) is 49.2 Å². The van der Waals surface area contributed by atoms with Gasteiger partial charge in [0.05, 0.1) is 7.11 Å². The van der Waals surface area contributed by atoms with E-state index in [0.29, 0.717) is 48.7 Å². The first kappa shape index (κ1) is 23.2. The van der Waals surface area contributed by atoms with Gasteiger partial charge in [0.25, 0.3) is 5.91 Å². The van der Waals surface area contributed by atoms with Crippen LogP contribution in [0.2, 0.25) is 0 Å². The standard InChI is InChI=1S/C25H24F2N4O3/c1-34-20-4-2-3-18(14-20)29-25(33)17-7-10-28-23(13-17)31-11-8-16(9-12-31)24(32)30-19-5-6-21(26)22(27)15-19/h2-7,10,13-16H,8-9,11-12H2,1H3,(H,29,33)(H,30,32). The van der Waals surface area contributed by atoms with E-state index in [-0.39, 0.29) is 23.4 Å². The van der Waals surface area contributed by atoms with E-state index in [4.69, 9.17) is 4.74 Å². The smallest absolute Gasteiger partial charge is 0.255 e. The van der Waals surface area contributed by atoms with Crippen molar-refractivity contribution in [3.63, 3.8) is 0 Å². The third-order valence-corrected chi connectivity index (χ3v) is 5.71. The van der Waals surface area contributed by atoms with Gasteiger partial charge in [-0.3, -0.25) is 9.59 Å². The number of aromatic nitrogens is 1. The minimum Gasteiger partial charge on any atom is -0.497 e. The second-order valence-electron chi connectivity index (χ2n) is 7.97. The van der Waals surface area contributed by atoms with Crippen molar-refractivity contribution in [2.24, 2.45) is 5.92 Å². The summed E-state index contributed by atoms with van der Waals surface area (Å²) >= 11 is 0. The fourth-order valence-electron chi connectivity index (χ4n) is 3.83. The number of hydrogen-bond acceptors (Lipinski definition) is 5. The maximum atomic E-state index is 13.4. The molecule has 2 aromatic carbocycles. The number of nitrogens with one attached hydrogen (secondary N) is 2. The number of pyridine rings is 1. The number of ether oxygens (including phenoxy) is 1. The van der Waals surface area contributed by atoms with Crippen molar-refractivity contribution in [3.8, 4) is 5.75 Å². The summed E-state index contributed by atoms with van der Waals surface area (Å²) in [5, 5.41) is 5.50. The third kappa shape index (κ3) is 5.48. The lowest BCUT2D eigenvalue weighted by Gasteiger charge is -2.32. The van der Waals surface area contributed by atoms with Crippen LogP contribution in [0, 0.1) is 17.6 Å². The zero-order valence-electron chi connectivity index (χ0n) is 18.6. The van der Waals surface area contributed by atoms with Crippen LogP contribution in [-0.4, -0.2) is 37.0 Å². The molecule has 9 heteroatoms. The Balaban J connectivity index is 1.35. The van der Waals surface area contributed by atoms with Crippen molar-refractivity contribution >= 4 is 29.0 Å². The van der Waals surface area contributed by atoms with Gasteiger partial charge >= 0.3 is 0 Å². The molecule has 1 aromatic heterocycles. The molecule has 34 heavy (non-hydrogen) atoms. The van der Waals surface area contributed by atoms with Gasteiger partial charge < -0.3 is 20.3 Å². The third-order valence-electron chi connectivity index (χ3n) is 5.71. The van der Waals surface area contributed by atoms with Crippen LogP contribution < -0.4 is 20.3 Å². The molecule has 0 bridgehead atoms. The summed E-state index contributed by atoms with van der Waals surface area (Å²) in [4.78, 5) is 31.7. The Morgan fingerprint density at radius 1 is 0.971 bits per heavy atom. The predicted molar refractivity (Wildman–Crippen MR) is 125 cm³/mol. The van der Waals surface area contributed by atoms with Crippen molar-refractivity contribution in [1.82, 2.24) is 4.98 Å². The number of methoxy groups -OCH3 is 1. The van der Waals surface area contributed by atoms with E-state index in [1.54, 1.807) is 49.7 Å². The summed E-state index contributed by atoms with van der Waals surface area (Å²) in [6.07, 6.45) is 2.71. The molecule has 0 aliphatic carbocycles. The summed E-state index contributed by atoms with van der Waals surface area (Å²) < 4.78 is 31.6. The highest BCUT2D eigenvalue weighted by Gasteiger charge is 2.26. The van der Waals surface area contributed by atoms with Gasteiger partial charge in [-0.2, -0.15) is 0 Å². The van der Waals surface area contributed by atoms with Crippen molar-refractivity contribution < 1.29 is 23.1 Å². The fourth-order valence-corrected chi connectivity index (χ4v) is 3.83. The predicted octanol–water partition coefficient (Wildman–Crippen LogP) is 4.48. The van der Waals surface area contributed by atoms with Crippen LogP contribution in [0.1, 0.15) is 23.2 Å². The summed E-state index contributed by atoms with van der Waals surface area (Å²) in [6.45, 7) is 1.15. The molecule has 0 spiro atoms. The Hall–Kier alpha value is -4.01. The first-order valence-electron chi connectivity index (χ1n) is 10.9. The first-order chi connectivity index (χ1) is 16.4. The number of nitrogens with zero attached hydrogens (tertiary/aromatic N) is 2. The Morgan fingerprint density at radius 2 is 1.74 bits per heavy atom. The monoisotopic (exact) mass is 466 g/mol. The lowest BCUT2D eigenvalue weighted by atomic mass is 9.95. The normalized spacial score (nSPS) is 13.9. The number of amides is 2. The van der Waals surface area contributed by atoms with Gasteiger partial charge in [0.15, 0.2) is 11.6 Å². The highest BCUT2D eigenvalue weighted by atomic mass is 19.2. The Labute approximate surface area is 195 Å². The lowest BCUT2D eigenvalue weighted by molar-refractivity contribution is -0.120. The molecule has 0 atom stereocenters. The molecular weight excluding hydrogens is 442 g/mol. The minimum atomic E-state index is -1.01. The summed E-state index contributed by atoms with van der Waals surface area (Å²) in [6, 6.07) is 13.7. The molecule has 1 saturated heterocycles. The van der Waals surface area contributed by atoms with Gasteiger partial charge in [-0.25, -0.2) is 13.8 Å². The van der Waals surface area contributed by atoms with E-state index in [9.17, 15) is 18.4 Å². The van der Waals surface area contributed by atoms with E-state index < -0.39 is 11.6 Å². The highest BCUT2D eigenvalue weighted by molar-refractivity contribution is 6.04. The minimum absolute atomic E-state index is 0.225. The topological polar surface area (TPSA) is 83.6 Å². The zero-order valence-corrected chi connectivity index (χ0v) is 18.6. The quantitative estimate of drug-likeness (QED) is 0.560. The number of rotatable bonds is 6. The lowest BCUT2D eigenvalue weighted by Crippen LogP contribution is -2.38. The number of halogens is 2. The molecule has 1 aliphatic rings. The number of piperidine rings is 1. The molecular formula is C25H24F2N4O3. The molecule has 2 heterocycles. The van der Waals surface area contributed by atoms with Crippen LogP contribution in [0.25, 0.3) is 0 Å². The van der Waals surface area contributed by atoms with Crippen molar-refractivity contribution in [2.45, 2.75) is 12.8 Å². The maximum absolute atomic E-state index is 13.4. The molecule has 4 rings (SSSR count). The van der Waals surface area contributed by atoms with Gasteiger partial charge in [0.1, 0.15) is 11.6 Å². The SMILES string of the molecule is COc1cccc(NC(=O)c2ccnc(N3CCC(C(=O)Nc4ccc(F)c(F)c4)CC3)c2)c1. The van der Waals surface area contributed by atoms with Gasteiger partial charge in [-0.1, -0.05) is 6.07 Å². The first-order valence-corrected chi connectivity index (χ1v) is 10.9. The number of carbonyl (C=O) groups excluding carboxylic acids is 2. The second kappa shape index (κ2) is 10.3. The zero-order chi connectivity index (χ0) is 24.1. The number of benzene rings is 2. The number of anilines is 3. The molecule has 7 nitrogen and oxygen atoms in total. The Kier molecular flexibility index (Phi) is 7.01.